The first-order valence-corrected chi connectivity index (χ1v) is 21.9. The number of methoxy groups -OCH3 is 1. The molecular weight excluding hydrogens is 854 g/mol. The average Bonchev–Trinajstić information content (AvgIpc) is 3.26. The Balaban J connectivity index is 0.00000925. The van der Waals surface area contributed by atoms with Crippen molar-refractivity contribution in [3.05, 3.63) is 83.4 Å². The van der Waals surface area contributed by atoms with Crippen LogP contribution in [0.25, 0.3) is 0 Å². The number of halogens is 1. The Morgan fingerprint density at radius 3 is 1.80 bits per heavy atom. The molecule has 3 heterocycles. The van der Waals surface area contributed by atoms with Crippen molar-refractivity contribution in [2.24, 2.45) is 0 Å². The Bertz CT molecular complexity index is 2140. The Morgan fingerprint density at radius 1 is 0.662 bits per heavy atom. The maximum atomic E-state index is 14.9. The van der Waals surface area contributed by atoms with E-state index in [4.69, 9.17) is 14.2 Å². The maximum absolute atomic E-state index is 14.9. The third-order valence-corrected chi connectivity index (χ3v) is 12.1. The van der Waals surface area contributed by atoms with Gasteiger partial charge in [-0.3, -0.25) is 33.7 Å². The van der Waals surface area contributed by atoms with Gasteiger partial charge in [-0.15, -0.1) is 12.4 Å². The molecule has 6 bridgehead atoms. The molecule has 2 unspecified atom stereocenters. The summed E-state index contributed by atoms with van der Waals surface area (Å²) in [6.45, 7) is 14.1. The number of hydrogen-bond acceptors (Lipinski definition) is 10. The first kappa shape index (κ1) is 51.8. The van der Waals surface area contributed by atoms with Crippen molar-refractivity contribution in [3.63, 3.8) is 0 Å². The molecule has 3 aromatic carbocycles. The summed E-state index contributed by atoms with van der Waals surface area (Å²) >= 11 is 0. The summed E-state index contributed by atoms with van der Waals surface area (Å²) < 4.78 is 18.0. The molecule has 0 spiro atoms. The lowest BCUT2D eigenvalue weighted by Crippen LogP contribution is -2.61. The highest BCUT2D eigenvalue weighted by Crippen LogP contribution is 2.34. The van der Waals surface area contributed by atoms with Gasteiger partial charge in [0.1, 0.15) is 54.4 Å². The molecule has 3 aromatic rings. The van der Waals surface area contributed by atoms with Crippen molar-refractivity contribution >= 4 is 47.9 Å². The van der Waals surface area contributed by atoms with Crippen LogP contribution in [0.3, 0.4) is 0 Å². The van der Waals surface area contributed by atoms with Gasteiger partial charge in [-0.2, -0.15) is 0 Å². The highest BCUT2D eigenvalue weighted by molar-refractivity contribution is 5.98. The van der Waals surface area contributed by atoms with Crippen LogP contribution >= 0.6 is 12.4 Å². The van der Waals surface area contributed by atoms with Crippen LogP contribution < -0.4 is 30.2 Å². The molecule has 0 radical (unpaired) electrons. The quantitative estimate of drug-likeness (QED) is 0.287. The SMILES string of the molecule is COc1ccc(C[C@H]2C(=O)N[C@@H](C)C(=O)N(C)C3Cc4ccc(cc4)Oc4cc(ccc4OCCN(C(C)C)C(C)C)CC(C(=O)N[C@H](C)C(=O)N[C@@H](C)C(=O)N2C)N(C)C3=O)cc1.Cl. The molecule has 6 amide bonds. The molecule has 354 valence electrons. The fourth-order valence-electron chi connectivity index (χ4n) is 8.16. The van der Waals surface area contributed by atoms with Crippen LogP contribution in [0.15, 0.2) is 66.7 Å². The summed E-state index contributed by atoms with van der Waals surface area (Å²) in [5.74, 6) is -1.56. The van der Waals surface area contributed by atoms with Crippen LogP contribution in [0, 0.1) is 0 Å². The average molecular weight is 921 g/mol. The van der Waals surface area contributed by atoms with E-state index >= 15 is 0 Å². The summed E-state index contributed by atoms with van der Waals surface area (Å²) in [6.07, 6.45) is 0.120. The molecule has 3 N–H and O–H groups in total. The van der Waals surface area contributed by atoms with Crippen molar-refractivity contribution < 1.29 is 43.0 Å². The minimum atomic E-state index is -1.18. The molecule has 1 fully saturated rings. The third-order valence-electron chi connectivity index (χ3n) is 12.1. The van der Waals surface area contributed by atoms with Crippen LogP contribution in [-0.2, 0) is 48.0 Å². The second-order valence-corrected chi connectivity index (χ2v) is 17.3. The van der Waals surface area contributed by atoms with Crippen LogP contribution in [0.4, 0.5) is 0 Å². The van der Waals surface area contributed by atoms with Crippen molar-refractivity contribution in [1.29, 1.82) is 0 Å². The highest BCUT2D eigenvalue weighted by Gasteiger charge is 2.39. The number of likely N-dealkylation sites (N-methyl/N-ethyl adjacent to an activating group) is 3. The minimum absolute atomic E-state index is 0. The first-order valence-electron chi connectivity index (χ1n) is 21.9. The summed E-state index contributed by atoms with van der Waals surface area (Å²) in [5, 5.41) is 8.23. The number of carbonyl (C=O) groups excluding carboxylic acids is 6. The van der Waals surface area contributed by atoms with E-state index in [0.717, 1.165) is 0 Å². The summed E-state index contributed by atoms with van der Waals surface area (Å²) in [6, 6.07) is 13.3. The molecule has 17 heteroatoms. The Kier molecular flexibility index (Phi) is 18.2. The van der Waals surface area contributed by atoms with E-state index in [-0.39, 0.29) is 31.7 Å². The van der Waals surface area contributed by atoms with Gasteiger partial charge in [-0.25, -0.2) is 0 Å². The van der Waals surface area contributed by atoms with Crippen LogP contribution in [0.5, 0.6) is 23.0 Å². The predicted molar refractivity (Wildman–Crippen MR) is 249 cm³/mol. The molecule has 16 nitrogen and oxygen atoms in total. The number of rotatable bonds is 9. The molecule has 0 aromatic heterocycles. The lowest BCUT2D eigenvalue weighted by molar-refractivity contribution is -0.149. The molecular formula is C48H66ClN7O9. The van der Waals surface area contributed by atoms with Gasteiger partial charge >= 0.3 is 0 Å². The highest BCUT2D eigenvalue weighted by atomic mass is 35.5. The Hall–Kier alpha value is -5.87. The maximum Gasteiger partial charge on any atom is 0.246 e. The number of hydrogen-bond donors (Lipinski definition) is 3. The zero-order valence-corrected chi connectivity index (χ0v) is 40.2. The summed E-state index contributed by atoms with van der Waals surface area (Å²) in [4.78, 5) is 91.5. The number of amides is 6. The van der Waals surface area contributed by atoms with Gasteiger partial charge in [0.05, 0.1) is 7.11 Å². The van der Waals surface area contributed by atoms with E-state index in [0.29, 0.717) is 64.9 Å². The molecule has 3 aliphatic heterocycles. The Morgan fingerprint density at radius 2 is 1.20 bits per heavy atom. The number of carbonyl (C=O) groups is 6. The van der Waals surface area contributed by atoms with Gasteiger partial charge in [-0.1, -0.05) is 30.3 Å². The zero-order chi connectivity index (χ0) is 47.0. The van der Waals surface area contributed by atoms with Gasteiger partial charge < -0.3 is 44.9 Å². The summed E-state index contributed by atoms with van der Waals surface area (Å²) in [5.41, 5.74) is 2.04. The molecule has 0 saturated carbocycles. The van der Waals surface area contributed by atoms with Crippen molar-refractivity contribution in [3.8, 4) is 23.0 Å². The van der Waals surface area contributed by atoms with Crippen molar-refractivity contribution in [2.75, 3.05) is 41.4 Å². The second-order valence-electron chi connectivity index (χ2n) is 17.3. The lowest BCUT2D eigenvalue weighted by Gasteiger charge is -2.36. The zero-order valence-electron chi connectivity index (χ0n) is 39.4. The number of benzene rings is 3. The predicted octanol–water partition coefficient (Wildman–Crippen LogP) is 3.76. The van der Waals surface area contributed by atoms with Gasteiger partial charge in [0, 0.05) is 59.0 Å². The van der Waals surface area contributed by atoms with Gasteiger partial charge in [0.15, 0.2) is 11.5 Å². The second kappa shape index (κ2) is 22.8. The lowest BCUT2D eigenvalue weighted by atomic mass is 9.98. The van der Waals surface area contributed by atoms with E-state index in [1.807, 2.05) is 0 Å². The first-order chi connectivity index (χ1) is 30.3. The fraction of sp³-hybridized carbons (Fsp3) is 0.500. The van der Waals surface area contributed by atoms with E-state index in [1.165, 1.54) is 63.7 Å². The standard InChI is InChI=1S/C48H65N7O9.ClH/c1-28(2)55(29(3)4)22-23-63-41-21-16-35-26-39-44(57)49-30(5)43(56)50-31(6)46(59)52(8)38(24-33-12-17-36(62-11)18-13-33)45(58)51-32(7)47(60)54(10)40(48(61)53(39)9)25-34-14-19-37(20-15-34)64-42(41)27-35;/h12-21,27-32,38-40H,22-26H2,1-11H3,(H,49,57)(H,50,56)(H,51,58);1H/t30-,31+,32+,38+,39?,40?;/m1./s1. The topological polar surface area (TPSA) is 179 Å². The fourth-order valence-corrected chi connectivity index (χ4v) is 8.16. The monoisotopic (exact) mass is 919 g/mol. The van der Waals surface area contributed by atoms with Crippen LogP contribution in [0.1, 0.15) is 65.2 Å². The van der Waals surface area contributed by atoms with E-state index < -0.39 is 71.7 Å². The third kappa shape index (κ3) is 12.9. The van der Waals surface area contributed by atoms with Gasteiger partial charge in [-0.05, 0) is 102 Å². The molecule has 6 atom stereocenters. The number of nitrogens with one attached hydrogen (secondary N) is 3. The minimum Gasteiger partial charge on any atom is -0.497 e. The number of ether oxygens (including phenoxy) is 3. The molecule has 3 aliphatic rings. The Labute approximate surface area is 389 Å². The largest absolute Gasteiger partial charge is 0.497 e. The van der Waals surface area contributed by atoms with Crippen molar-refractivity contribution in [1.82, 2.24) is 35.6 Å². The van der Waals surface area contributed by atoms with E-state index in [2.05, 4.69) is 48.5 Å². The van der Waals surface area contributed by atoms with Crippen molar-refractivity contribution in [2.45, 2.75) is 116 Å². The molecule has 0 aliphatic carbocycles. The van der Waals surface area contributed by atoms with Crippen LogP contribution in [0.2, 0.25) is 0 Å². The molecule has 65 heavy (non-hydrogen) atoms. The molecule has 1 saturated heterocycles. The number of fused-ring (bicyclic) bond motifs is 2. The van der Waals surface area contributed by atoms with E-state index in [1.54, 1.807) is 66.7 Å². The van der Waals surface area contributed by atoms with E-state index in [9.17, 15) is 28.8 Å². The summed E-state index contributed by atoms with van der Waals surface area (Å²) in [7, 11) is 5.97. The van der Waals surface area contributed by atoms with Gasteiger partial charge in [0.2, 0.25) is 35.4 Å². The van der Waals surface area contributed by atoms with Gasteiger partial charge in [0.25, 0.3) is 0 Å². The van der Waals surface area contributed by atoms with Crippen LogP contribution in [-0.4, -0.2) is 145 Å². The number of nitrogens with zero attached hydrogens (tertiary/aromatic N) is 4. The molecule has 6 rings (SSSR count). The normalized spacial score (nSPS) is 22.7. The smallest absolute Gasteiger partial charge is 0.246 e.